The van der Waals surface area contributed by atoms with E-state index in [0.717, 1.165) is 0 Å². The number of carbonyl (C=O) groups is 1. The van der Waals surface area contributed by atoms with E-state index in [0.29, 0.717) is 25.9 Å². The zero-order chi connectivity index (χ0) is 13.1. The van der Waals surface area contributed by atoms with Crippen molar-refractivity contribution in [1.29, 1.82) is 0 Å². The molecule has 0 bridgehead atoms. The molecule has 0 aliphatic carbocycles. The number of alkyl halides is 1. The predicted molar refractivity (Wildman–Crippen MR) is 65.6 cm³/mol. The van der Waals surface area contributed by atoms with Crippen LogP contribution in [0, 0.1) is 5.92 Å². The first-order valence-electron chi connectivity index (χ1n) is 6.08. The van der Waals surface area contributed by atoms with E-state index < -0.39 is 11.8 Å². The lowest BCUT2D eigenvalue weighted by atomic mass is 9.92. The lowest BCUT2D eigenvalue weighted by Crippen LogP contribution is -2.42. The fourth-order valence-corrected chi connectivity index (χ4v) is 1.92. The first kappa shape index (κ1) is 14.0. The normalized spacial score (nSPS) is 19.9. The highest BCUT2D eigenvalue weighted by molar-refractivity contribution is 5.68. The van der Waals surface area contributed by atoms with Crippen molar-refractivity contribution in [3.8, 4) is 0 Å². The Morgan fingerprint density at radius 2 is 2.00 bits per heavy atom. The Morgan fingerprint density at radius 3 is 2.41 bits per heavy atom. The Kier molecular flexibility index (Phi) is 4.54. The molecule has 0 aromatic carbocycles. The topological polar surface area (TPSA) is 29.5 Å². The average molecular weight is 243 g/mol. The minimum Gasteiger partial charge on any atom is -0.444 e. The number of hydrogen-bond acceptors (Lipinski definition) is 2. The van der Waals surface area contributed by atoms with Crippen molar-refractivity contribution in [3.63, 3.8) is 0 Å². The number of piperidine rings is 1. The van der Waals surface area contributed by atoms with Gasteiger partial charge in [0.1, 0.15) is 11.8 Å². The minimum atomic E-state index is -0.962. The van der Waals surface area contributed by atoms with E-state index in [9.17, 15) is 9.18 Å². The fraction of sp³-hybridized carbons (Fsp3) is 0.769. The van der Waals surface area contributed by atoms with Gasteiger partial charge in [-0.1, -0.05) is 6.08 Å². The van der Waals surface area contributed by atoms with Crippen LogP contribution in [0.15, 0.2) is 12.7 Å². The third kappa shape index (κ3) is 4.36. The van der Waals surface area contributed by atoms with Crippen molar-refractivity contribution in [2.45, 2.75) is 45.4 Å². The molecule has 1 fully saturated rings. The van der Waals surface area contributed by atoms with Crippen LogP contribution >= 0.6 is 0 Å². The molecule has 1 rings (SSSR count). The summed E-state index contributed by atoms with van der Waals surface area (Å²) >= 11 is 0. The molecule has 1 saturated heterocycles. The van der Waals surface area contributed by atoms with Crippen LogP contribution in [-0.4, -0.2) is 35.9 Å². The van der Waals surface area contributed by atoms with Gasteiger partial charge in [-0.15, -0.1) is 6.58 Å². The number of likely N-dealkylation sites (tertiary alicyclic amines) is 1. The highest BCUT2D eigenvalue weighted by Crippen LogP contribution is 2.24. The second kappa shape index (κ2) is 5.52. The highest BCUT2D eigenvalue weighted by Gasteiger charge is 2.29. The molecule has 0 aromatic heterocycles. The number of hydrogen-bond donors (Lipinski definition) is 0. The molecule has 1 aliphatic heterocycles. The van der Waals surface area contributed by atoms with Gasteiger partial charge in [0.25, 0.3) is 0 Å². The van der Waals surface area contributed by atoms with Crippen LogP contribution in [0.25, 0.3) is 0 Å². The third-order valence-electron chi connectivity index (χ3n) is 2.87. The third-order valence-corrected chi connectivity index (χ3v) is 2.87. The van der Waals surface area contributed by atoms with Crippen LogP contribution in [0.2, 0.25) is 0 Å². The Hall–Kier alpha value is -1.06. The molecule has 1 aliphatic rings. The van der Waals surface area contributed by atoms with Gasteiger partial charge in [0, 0.05) is 13.1 Å². The molecule has 0 aromatic rings. The summed E-state index contributed by atoms with van der Waals surface area (Å²) in [5.41, 5.74) is -0.475. The van der Waals surface area contributed by atoms with E-state index in [4.69, 9.17) is 4.74 Å². The van der Waals surface area contributed by atoms with Gasteiger partial charge < -0.3 is 9.64 Å². The number of carbonyl (C=O) groups excluding carboxylic acids is 1. The molecule has 98 valence electrons. The van der Waals surface area contributed by atoms with E-state index in [1.54, 1.807) is 4.90 Å². The van der Waals surface area contributed by atoms with Gasteiger partial charge in [0.05, 0.1) is 0 Å². The Labute approximate surface area is 103 Å². The van der Waals surface area contributed by atoms with Crippen molar-refractivity contribution < 1.29 is 13.9 Å². The van der Waals surface area contributed by atoms with Gasteiger partial charge >= 0.3 is 6.09 Å². The maximum atomic E-state index is 13.4. The molecule has 0 spiro atoms. The Bertz CT molecular complexity index is 278. The molecule has 0 saturated carbocycles. The summed E-state index contributed by atoms with van der Waals surface area (Å²) in [4.78, 5) is 13.4. The van der Waals surface area contributed by atoms with E-state index in [1.165, 1.54) is 6.08 Å². The summed E-state index contributed by atoms with van der Waals surface area (Å²) in [6.45, 7) is 10.1. The standard InChI is InChI=1S/C13H22FNO2/c1-5-11(14)10-6-8-15(9-7-10)12(16)17-13(2,3)4/h5,10-11H,1,6-9H2,2-4H3. The van der Waals surface area contributed by atoms with Gasteiger partial charge in [0.2, 0.25) is 0 Å². The van der Waals surface area contributed by atoms with E-state index >= 15 is 0 Å². The Balaban J connectivity index is 2.41. The quantitative estimate of drug-likeness (QED) is 0.697. The van der Waals surface area contributed by atoms with Gasteiger partial charge in [-0.25, -0.2) is 9.18 Å². The molecule has 1 amide bonds. The smallest absolute Gasteiger partial charge is 0.410 e. The van der Waals surface area contributed by atoms with Crippen LogP contribution < -0.4 is 0 Å². The van der Waals surface area contributed by atoms with Crippen molar-refractivity contribution in [1.82, 2.24) is 4.90 Å². The maximum absolute atomic E-state index is 13.4. The van der Waals surface area contributed by atoms with Crippen molar-refractivity contribution in [2.75, 3.05) is 13.1 Å². The van der Waals surface area contributed by atoms with Gasteiger partial charge in [-0.2, -0.15) is 0 Å². The summed E-state index contributed by atoms with van der Waals surface area (Å²) in [7, 11) is 0. The summed E-state index contributed by atoms with van der Waals surface area (Å²) < 4.78 is 18.6. The molecular formula is C13H22FNO2. The lowest BCUT2D eigenvalue weighted by molar-refractivity contribution is 0.0159. The van der Waals surface area contributed by atoms with E-state index in [1.807, 2.05) is 20.8 Å². The van der Waals surface area contributed by atoms with Crippen molar-refractivity contribution in [2.24, 2.45) is 5.92 Å². The van der Waals surface area contributed by atoms with Crippen LogP contribution in [0.3, 0.4) is 0 Å². The number of halogens is 1. The number of nitrogens with zero attached hydrogens (tertiary/aromatic N) is 1. The predicted octanol–water partition coefficient (Wildman–Crippen LogP) is 3.16. The summed E-state index contributed by atoms with van der Waals surface area (Å²) in [5.74, 6) is -0.00816. The van der Waals surface area contributed by atoms with Crippen LogP contribution in [-0.2, 0) is 4.74 Å². The average Bonchev–Trinajstić information content (AvgIpc) is 2.26. The molecule has 1 heterocycles. The largest absolute Gasteiger partial charge is 0.444 e. The number of rotatable bonds is 2. The molecule has 17 heavy (non-hydrogen) atoms. The maximum Gasteiger partial charge on any atom is 0.410 e. The summed E-state index contributed by atoms with van der Waals surface area (Å²) in [5, 5.41) is 0. The molecule has 3 nitrogen and oxygen atoms in total. The second-order valence-corrected chi connectivity index (χ2v) is 5.48. The number of allylic oxidation sites excluding steroid dienone is 1. The van der Waals surface area contributed by atoms with Gasteiger partial charge in [0.15, 0.2) is 0 Å². The monoisotopic (exact) mass is 243 g/mol. The zero-order valence-electron chi connectivity index (χ0n) is 10.9. The van der Waals surface area contributed by atoms with Crippen molar-refractivity contribution >= 4 is 6.09 Å². The first-order chi connectivity index (χ1) is 7.83. The van der Waals surface area contributed by atoms with Gasteiger partial charge in [-0.05, 0) is 39.5 Å². The highest BCUT2D eigenvalue weighted by atomic mass is 19.1. The van der Waals surface area contributed by atoms with E-state index in [2.05, 4.69) is 6.58 Å². The van der Waals surface area contributed by atoms with Crippen LogP contribution in [0.4, 0.5) is 9.18 Å². The van der Waals surface area contributed by atoms with Crippen molar-refractivity contribution in [3.05, 3.63) is 12.7 Å². The van der Waals surface area contributed by atoms with Gasteiger partial charge in [-0.3, -0.25) is 0 Å². The number of ether oxygens (including phenoxy) is 1. The molecule has 4 heteroatoms. The van der Waals surface area contributed by atoms with E-state index in [-0.39, 0.29) is 12.0 Å². The molecule has 1 unspecified atom stereocenters. The minimum absolute atomic E-state index is 0.00816. The summed E-state index contributed by atoms with van der Waals surface area (Å²) in [6.07, 6.45) is 1.42. The van der Waals surface area contributed by atoms with Crippen LogP contribution in [0.5, 0.6) is 0 Å². The lowest BCUT2D eigenvalue weighted by Gasteiger charge is -2.34. The molecule has 0 N–H and O–H groups in total. The second-order valence-electron chi connectivity index (χ2n) is 5.48. The molecular weight excluding hydrogens is 221 g/mol. The molecule has 0 radical (unpaired) electrons. The first-order valence-corrected chi connectivity index (χ1v) is 6.08. The summed E-state index contributed by atoms with van der Waals surface area (Å²) in [6, 6.07) is 0. The SMILES string of the molecule is C=CC(F)C1CCN(C(=O)OC(C)(C)C)CC1. The van der Waals surface area contributed by atoms with Crippen LogP contribution in [0.1, 0.15) is 33.6 Å². The molecule has 1 atom stereocenters. The Morgan fingerprint density at radius 1 is 1.47 bits per heavy atom. The zero-order valence-corrected chi connectivity index (χ0v) is 10.9. The number of amides is 1. The fourth-order valence-electron chi connectivity index (χ4n) is 1.92.